The molecule has 1 aliphatic rings. The second-order valence-corrected chi connectivity index (χ2v) is 3.94. The zero-order chi connectivity index (χ0) is 12.6. The smallest absolute Gasteiger partial charge is 0.405 e. The van der Waals surface area contributed by atoms with Crippen molar-refractivity contribution in [2.45, 2.75) is 12.6 Å². The van der Waals surface area contributed by atoms with E-state index in [2.05, 4.69) is 0 Å². The van der Waals surface area contributed by atoms with Crippen LogP contribution in [0.25, 0.3) is 0 Å². The van der Waals surface area contributed by atoms with E-state index in [1.807, 2.05) is 0 Å². The molecule has 1 aliphatic heterocycles. The summed E-state index contributed by atoms with van der Waals surface area (Å²) in [6.45, 7) is -0.763. The molecular formula is C11H10F3NO2. The van der Waals surface area contributed by atoms with Gasteiger partial charge in [-0.25, -0.2) is 4.79 Å². The van der Waals surface area contributed by atoms with Gasteiger partial charge in [-0.1, -0.05) is 6.07 Å². The van der Waals surface area contributed by atoms with Crippen LogP contribution in [0.3, 0.4) is 0 Å². The molecule has 1 aromatic carbocycles. The molecule has 17 heavy (non-hydrogen) atoms. The predicted octanol–water partition coefficient (Wildman–Crippen LogP) is 2.31. The van der Waals surface area contributed by atoms with E-state index in [9.17, 15) is 18.0 Å². The van der Waals surface area contributed by atoms with Gasteiger partial charge in [0.1, 0.15) is 6.54 Å². The highest BCUT2D eigenvalue weighted by Crippen LogP contribution is 2.31. The number of halogens is 3. The third-order valence-electron chi connectivity index (χ3n) is 2.69. The third-order valence-corrected chi connectivity index (χ3v) is 2.69. The van der Waals surface area contributed by atoms with Crippen molar-refractivity contribution in [1.29, 1.82) is 0 Å². The molecule has 0 bridgehead atoms. The minimum atomic E-state index is -4.28. The summed E-state index contributed by atoms with van der Waals surface area (Å²) >= 11 is 0. The fraction of sp³-hybridized carbons (Fsp3) is 0.364. The van der Waals surface area contributed by atoms with E-state index in [0.717, 1.165) is 5.56 Å². The summed E-state index contributed by atoms with van der Waals surface area (Å²) in [5.41, 5.74) is 1.15. The second kappa shape index (κ2) is 3.94. The van der Waals surface area contributed by atoms with Gasteiger partial charge in [0.25, 0.3) is 0 Å². The number of carbonyl (C=O) groups is 1. The fourth-order valence-electron chi connectivity index (χ4n) is 1.96. The Morgan fingerprint density at radius 2 is 2.12 bits per heavy atom. The van der Waals surface area contributed by atoms with Crippen LogP contribution in [0.2, 0.25) is 0 Å². The Morgan fingerprint density at radius 3 is 2.71 bits per heavy atom. The summed E-state index contributed by atoms with van der Waals surface area (Å²) < 4.78 is 36.9. The van der Waals surface area contributed by atoms with E-state index in [-0.39, 0.29) is 12.1 Å². The zero-order valence-electron chi connectivity index (χ0n) is 8.79. The maximum atomic E-state index is 12.3. The van der Waals surface area contributed by atoms with Crippen molar-refractivity contribution in [3.8, 4) is 0 Å². The largest absolute Gasteiger partial charge is 0.478 e. The molecule has 0 atom stereocenters. The maximum absolute atomic E-state index is 12.3. The Morgan fingerprint density at radius 1 is 1.41 bits per heavy atom. The molecular weight excluding hydrogens is 235 g/mol. The Kier molecular flexibility index (Phi) is 2.73. The maximum Gasteiger partial charge on any atom is 0.405 e. The van der Waals surface area contributed by atoms with Crippen LogP contribution in [-0.4, -0.2) is 30.3 Å². The van der Waals surface area contributed by atoms with Crippen LogP contribution < -0.4 is 4.90 Å². The zero-order valence-corrected chi connectivity index (χ0v) is 8.79. The summed E-state index contributed by atoms with van der Waals surface area (Å²) in [6, 6.07) is 4.30. The molecule has 92 valence electrons. The third kappa shape index (κ3) is 2.51. The lowest BCUT2D eigenvalue weighted by Gasteiger charge is -2.21. The van der Waals surface area contributed by atoms with Crippen LogP contribution in [0, 0.1) is 0 Å². The van der Waals surface area contributed by atoms with Gasteiger partial charge in [0.2, 0.25) is 0 Å². The summed E-state index contributed by atoms with van der Waals surface area (Å²) in [5.74, 6) is -1.13. The standard InChI is InChI=1S/C11H10F3NO2/c12-11(13,14)6-15-4-3-7-1-2-8(10(16)17)5-9(7)15/h1-2,5H,3-4,6H2,(H,16,17). The molecule has 0 amide bonds. The van der Waals surface area contributed by atoms with Crippen molar-refractivity contribution in [3.63, 3.8) is 0 Å². The van der Waals surface area contributed by atoms with Gasteiger partial charge in [0.15, 0.2) is 0 Å². The van der Waals surface area contributed by atoms with Gasteiger partial charge >= 0.3 is 12.1 Å². The highest BCUT2D eigenvalue weighted by atomic mass is 19.4. The van der Waals surface area contributed by atoms with Crippen LogP contribution in [-0.2, 0) is 6.42 Å². The number of anilines is 1. The number of fused-ring (bicyclic) bond motifs is 1. The van der Waals surface area contributed by atoms with E-state index in [1.165, 1.54) is 17.0 Å². The van der Waals surface area contributed by atoms with E-state index in [4.69, 9.17) is 5.11 Å². The van der Waals surface area contributed by atoms with Crippen molar-refractivity contribution < 1.29 is 23.1 Å². The van der Waals surface area contributed by atoms with Crippen LogP contribution >= 0.6 is 0 Å². The number of aromatic carboxylic acids is 1. The molecule has 0 saturated heterocycles. The van der Waals surface area contributed by atoms with E-state index >= 15 is 0 Å². The first kappa shape index (κ1) is 11.8. The minimum Gasteiger partial charge on any atom is -0.478 e. The molecule has 3 nitrogen and oxygen atoms in total. The summed E-state index contributed by atoms with van der Waals surface area (Å²) in [7, 11) is 0. The van der Waals surface area contributed by atoms with Crippen LogP contribution in [0.15, 0.2) is 18.2 Å². The number of benzene rings is 1. The molecule has 1 N–H and O–H groups in total. The Labute approximate surface area is 95.5 Å². The number of alkyl halides is 3. The van der Waals surface area contributed by atoms with Crippen molar-refractivity contribution >= 4 is 11.7 Å². The molecule has 0 spiro atoms. The number of rotatable bonds is 2. The lowest BCUT2D eigenvalue weighted by Crippen LogP contribution is -2.32. The first-order chi connectivity index (χ1) is 7.87. The number of carboxylic acids is 1. The van der Waals surface area contributed by atoms with Gasteiger partial charge in [0, 0.05) is 12.2 Å². The number of hydrogen-bond acceptors (Lipinski definition) is 2. The lowest BCUT2D eigenvalue weighted by molar-refractivity contribution is -0.119. The first-order valence-electron chi connectivity index (χ1n) is 5.05. The first-order valence-corrected chi connectivity index (χ1v) is 5.05. The normalized spacial score (nSPS) is 14.9. The highest BCUT2D eigenvalue weighted by Gasteiger charge is 2.33. The second-order valence-electron chi connectivity index (χ2n) is 3.94. The molecule has 0 saturated carbocycles. The van der Waals surface area contributed by atoms with Crippen molar-refractivity contribution in [1.82, 2.24) is 0 Å². The van der Waals surface area contributed by atoms with Gasteiger partial charge in [-0.3, -0.25) is 0 Å². The number of nitrogens with zero attached hydrogens (tertiary/aromatic N) is 1. The summed E-state index contributed by atoms with van der Waals surface area (Å²) in [4.78, 5) is 11.9. The average Bonchev–Trinajstić information content (AvgIpc) is 2.58. The van der Waals surface area contributed by atoms with E-state index in [1.54, 1.807) is 6.07 Å². The quantitative estimate of drug-likeness (QED) is 0.869. The Balaban J connectivity index is 2.29. The molecule has 0 fully saturated rings. The van der Waals surface area contributed by atoms with Crippen LogP contribution in [0.1, 0.15) is 15.9 Å². The average molecular weight is 245 g/mol. The monoisotopic (exact) mass is 245 g/mol. The fourth-order valence-corrected chi connectivity index (χ4v) is 1.96. The SMILES string of the molecule is O=C(O)c1ccc2c(c1)N(CC(F)(F)F)CC2. The lowest BCUT2D eigenvalue weighted by atomic mass is 10.1. The van der Waals surface area contributed by atoms with E-state index < -0.39 is 18.7 Å². The highest BCUT2D eigenvalue weighted by molar-refractivity contribution is 5.89. The van der Waals surface area contributed by atoms with Gasteiger partial charge in [-0.15, -0.1) is 0 Å². The topological polar surface area (TPSA) is 40.5 Å². The molecule has 6 heteroatoms. The Hall–Kier alpha value is -1.72. The van der Waals surface area contributed by atoms with Gasteiger partial charge in [0.05, 0.1) is 5.56 Å². The Bertz CT molecular complexity index is 457. The van der Waals surface area contributed by atoms with Crippen LogP contribution in [0.4, 0.5) is 18.9 Å². The van der Waals surface area contributed by atoms with E-state index in [0.29, 0.717) is 12.1 Å². The van der Waals surface area contributed by atoms with Gasteiger partial charge in [-0.2, -0.15) is 13.2 Å². The molecule has 2 rings (SSSR count). The predicted molar refractivity (Wildman–Crippen MR) is 55.4 cm³/mol. The molecule has 1 aromatic rings. The summed E-state index contributed by atoms with van der Waals surface area (Å²) in [5, 5.41) is 8.79. The van der Waals surface area contributed by atoms with Crippen molar-refractivity contribution in [2.24, 2.45) is 0 Å². The summed E-state index contributed by atoms with van der Waals surface area (Å²) in [6.07, 6.45) is -3.76. The molecule has 0 aliphatic carbocycles. The van der Waals surface area contributed by atoms with Gasteiger partial charge in [-0.05, 0) is 24.1 Å². The number of carboxylic acid groups (broad SMARTS) is 1. The van der Waals surface area contributed by atoms with Gasteiger partial charge < -0.3 is 10.0 Å². The van der Waals surface area contributed by atoms with Crippen molar-refractivity contribution in [3.05, 3.63) is 29.3 Å². The molecule has 0 unspecified atom stereocenters. The minimum absolute atomic E-state index is 0.0119. The van der Waals surface area contributed by atoms with Crippen LogP contribution in [0.5, 0.6) is 0 Å². The molecule has 0 radical (unpaired) electrons. The van der Waals surface area contributed by atoms with Crippen molar-refractivity contribution in [2.75, 3.05) is 18.0 Å². The molecule has 0 aromatic heterocycles. The molecule has 1 heterocycles. The number of hydrogen-bond donors (Lipinski definition) is 1.